The third kappa shape index (κ3) is 7.12. The van der Waals surface area contributed by atoms with Gasteiger partial charge in [0.15, 0.2) is 0 Å². The summed E-state index contributed by atoms with van der Waals surface area (Å²) in [5.74, 6) is 0.211. The van der Waals surface area contributed by atoms with Crippen LogP contribution in [0.3, 0.4) is 0 Å². The van der Waals surface area contributed by atoms with E-state index < -0.39 is 0 Å². The Bertz CT molecular complexity index is 490. The molecule has 0 saturated carbocycles. The van der Waals surface area contributed by atoms with Crippen LogP contribution >= 0.6 is 24.8 Å². The van der Waals surface area contributed by atoms with Gasteiger partial charge in [0.25, 0.3) is 0 Å². The molecule has 2 heterocycles. The third-order valence-electron chi connectivity index (χ3n) is 4.65. The molecule has 25 heavy (non-hydrogen) atoms. The van der Waals surface area contributed by atoms with Crippen LogP contribution in [0.25, 0.3) is 0 Å². The van der Waals surface area contributed by atoms with Gasteiger partial charge in [-0.2, -0.15) is 0 Å². The van der Waals surface area contributed by atoms with Crippen molar-refractivity contribution < 1.29 is 9.53 Å². The van der Waals surface area contributed by atoms with E-state index in [2.05, 4.69) is 34.5 Å². The van der Waals surface area contributed by atoms with Gasteiger partial charge < -0.3 is 15.0 Å². The quantitative estimate of drug-likeness (QED) is 0.807. The first-order valence-electron chi connectivity index (χ1n) is 8.67. The second-order valence-corrected chi connectivity index (χ2v) is 6.41. The van der Waals surface area contributed by atoms with E-state index in [0.717, 1.165) is 58.7 Å². The van der Waals surface area contributed by atoms with Gasteiger partial charge in [-0.25, -0.2) is 0 Å². The Morgan fingerprint density at radius 1 is 1.12 bits per heavy atom. The maximum atomic E-state index is 12.2. The number of carbonyl (C=O) groups is 1. The highest BCUT2D eigenvalue weighted by atomic mass is 35.5. The van der Waals surface area contributed by atoms with E-state index >= 15 is 0 Å². The van der Waals surface area contributed by atoms with Gasteiger partial charge in [0.1, 0.15) is 0 Å². The lowest BCUT2D eigenvalue weighted by Gasteiger charge is -2.35. The molecule has 3 rings (SSSR count). The van der Waals surface area contributed by atoms with Crippen LogP contribution < -0.4 is 5.32 Å². The SMILES string of the molecule is Cl.Cl.O=C(CNCC1CCCO1)N1CCN(Cc2ccccc2)CC1. The first-order chi connectivity index (χ1) is 11.3. The van der Waals surface area contributed by atoms with Crippen LogP contribution in [0.5, 0.6) is 0 Å². The minimum absolute atomic E-state index is 0. The average molecular weight is 390 g/mol. The molecule has 1 aromatic rings. The minimum Gasteiger partial charge on any atom is -0.377 e. The highest BCUT2D eigenvalue weighted by Crippen LogP contribution is 2.11. The molecule has 5 nitrogen and oxygen atoms in total. The van der Waals surface area contributed by atoms with Crippen molar-refractivity contribution in [3.63, 3.8) is 0 Å². The summed E-state index contributed by atoms with van der Waals surface area (Å²) < 4.78 is 5.56. The van der Waals surface area contributed by atoms with Gasteiger partial charge in [0, 0.05) is 45.9 Å². The van der Waals surface area contributed by atoms with Gasteiger partial charge in [-0.05, 0) is 18.4 Å². The predicted molar refractivity (Wildman–Crippen MR) is 105 cm³/mol. The van der Waals surface area contributed by atoms with Crippen molar-refractivity contribution in [3.8, 4) is 0 Å². The summed E-state index contributed by atoms with van der Waals surface area (Å²) in [7, 11) is 0. The van der Waals surface area contributed by atoms with E-state index in [1.807, 2.05) is 11.0 Å². The monoisotopic (exact) mass is 389 g/mol. The zero-order valence-corrected chi connectivity index (χ0v) is 16.2. The number of amides is 1. The van der Waals surface area contributed by atoms with Gasteiger partial charge >= 0.3 is 0 Å². The topological polar surface area (TPSA) is 44.8 Å². The Labute approximate surface area is 162 Å². The fourth-order valence-electron chi connectivity index (χ4n) is 3.25. The number of hydrogen-bond donors (Lipinski definition) is 1. The van der Waals surface area contributed by atoms with Crippen molar-refractivity contribution >= 4 is 30.7 Å². The molecule has 1 aromatic carbocycles. The van der Waals surface area contributed by atoms with Gasteiger partial charge in [-0.1, -0.05) is 30.3 Å². The summed E-state index contributed by atoms with van der Waals surface area (Å²) in [6.07, 6.45) is 2.55. The van der Waals surface area contributed by atoms with Crippen molar-refractivity contribution in [3.05, 3.63) is 35.9 Å². The summed E-state index contributed by atoms with van der Waals surface area (Å²) in [5.41, 5.74) is 1.34. The van der Waals surface area contributed by atoms with Gasteiger partial charge in [0.2, 0.25) is 5.91 Å². The first-order valence-corrected chi connectivity index (χ1v) is 8.67. The molecule has 2 aliphatic rings. The molecule has 2 saturated heterocycles. The molecule has 2 aliphatic heterocycles. The molecule has 0 bridgehead atoms. The second kappa shape index (κ2) is 11.7. The molecule has 0 aromatic heterocycles. The molecule has 0 radical (unpaired) electrons. The van der Waals surface area contributed by atoms with Gasteiger partial charge in [0.05, 0.1) is 12.6 Å². The maximum Gasteiger partial charge on any atom is 0.236 e. The normalized spacial score (nSPS) is 20.6. The summed E-state index contributed by atoms with van der Waals surface area (Å²) in [4.78, 5) is 16.6. The van der Waals surface area contributed by atoms with E-state index in [4.69, 9.17) is 4.74 Å². The molecule has 7 heteroatoms. The number of rotatable bonds is 6. The smallest absolute Gasteiger partial charge is 0.236 e. The fraction of sp³-hybridized carbons (Fsp3) is 0.611. The highest BCUT2D eigenvalue weighted by molar-refractivity contribution is 5.85. The molecule has 1 N–H and O–H groups in total. The van der Waals surface area contributed by atoms with E-state index in [9.17, 15) is 4.79 Å². The zero-order chi connectivity index (χ0) is 15.9. The Morgan fingerprint density at radius 3 is 2.48 bits per heavy atom. The molecule has 2 fully saturated rings. The first kappa shape index (κ1) is 22.2. The van der Waals surface area contributed by atoms with Crippen LogP contribution in [-0.4, -0.2) is 67.7 Å². The minimum atomic E-state index is 0. The molecule has 0 aliphatic carbocycles. The predicted octanol–water partition coefficient (Wildman–Crippen LogP) is 1.94. The number of halogens is 2. The van der Waals surface area contributed by atoms with E-state index in [1.54, 1.807) is 0 Å². The summed E-state index contributed by atoms with van der Waals surface area (Å²) in [6, 6.07) is 10.5. The summed E-state index contributed by atoms with van der Waals surface area (Å²) >= 11 is 0. The van der Waals surface area contributed by atoms with Crippen molar-refractivity contribution in [1.29, 1.82) is 0 Å². The summed E-state index contributed by atoms with van der Waals surface area (Å²) in [5, 5.41) is 3.25. The Kier molecular flexibility index (Phi) is 10.4. The largest absolute Gasteiger partial charge is 0.377 e. The Hall–Kier alpha value is -0.850. The van der Waals surface area contributed by atoms with Crippen LogP contribution in [0.15, 0.2) is 30.3 Å². The second-order valence-electron chi connectivity index (χ2n) is 6.41. The third-order valence-corrected chi connectivity index (χ3v) is 4.65. The van der Waals surface area contributed by atoms with Crippen LogP contribution in [0.1, 0.15) is 18.4 Å². The van der Waals surface area contributed by atoms with E-state index in [1.165, 1.54) is 5.56 Å². The van der Waals surface area contributed by atoms with Gasteiger partial charge in [-0.3, -0.25) is 9.69 Å². The molecule has 1 unspecified atom stereocenters. The van der Waals surface area contributed by atoms with Crippen LogP contribution in [-0.2, 0) is 16.1 Å². The standard InChI is InChI=1S/C18H27N3O2.2ClH/c22-18(14-19-13-17-7-4-12-23-17)21-10-8-20(9-11-21)15-16-5-2-1-3-6-16;;/h1-3,5-6,17,19H,4,7-15H2;2*1H. The number of piperazine rings is 1. The maximum absolute atomic E-state index is 12.2. The van der Waals surface area contributed by atoms with Crippen LogP contribution in [0, 0.1) is 0 Å². The van der Waals surface area contributed by atoms with Crippen LogP contribution in [0.4, 0.5) is 0 Å². The molecule has 1 atom stereocenters. The van der Waals surface area contributed by atoms with E-state index in [-0.39, 0.29) is 30.7 Å². The lowest BCUT2D eigenvalue weighted by Crippen LogP contribution is -2.50. The number of ether oxygens (including phenoxy) is 1. The van der Waals surface area contributed by atoms with Gasteiger partial charge in [-0.15, -0.1) is 24.8 Å². The highest BCUT2D eigenvalue weighted by Gasteiger charge is 2.21. The van der Waals surface area contributed by atoms with Crippen molar-refractivity contribution in [2.75, 3.05) is 45.9 Å². The van der Waals surface area contributed by atoms with Crippen molar-refractivity contribution in [1.82, 2.24) is 15.1 Å². The number of carbonyl (C=O) groups excluding carboxylic acids is 1. The van der Waals surface area contributed by atoms with E-state index in [0.29, 0.717) is 12.6 Å². The number of benzene rings is 1. The molecule has 1 amide bonds. The average Bonchev–Trinajstić information content (AvgIpc) is 3.10. The molecular weight excluding hydrogens is 361 g/mol. The molecule has 0 spiro atoms. The van der Waals surface area contributed by atoms with Crippen molar-refractivity contribution in [2.24, 2.45) is 0 Å². The Balaban J connectivity index is 0.00000156. The zero-order valence-electron chi connectivity index (χ0n) is 14.6. The lowest BCUT2D eigenvalue weighted by molar-refractivity contribution is -0.132. The molecule has 142 valence electrons. The number of nitrogens with zero attached hydrogens (tertiary/aromatic N) is 2. The Morgan fingerprint density at radius 2 is 1.84 bits per heavy atom. The van der Waals surface area contributed by atoms with Crippen LogP contribution in [0.2, 0.25) is 0 Å². The summed E-state index contributed by atoms with van der Waals surface area (Å²) in [6.45, 7) is 6.61. The number of hydrogen-bond acceptors (Lipinski definition) is 4. The fourth-order valence-corrected chi connectivity index (χ4v) is 3.25. The number of nitrogens with one attached hydrogen (secondary N) is 1. The molecular formula is C18H29Cl2N3O2. The van der Waals surface area contributed by atoms with Crippen molar-refractivity contribution in [2.45, 2.75) is 25.5 Å². The lowest BCUT2D eigenvalue weighted by atomic mass is 10.2.